The topological polar surface area (TPSA) is 30.2 Å². The molecule has 0 saturated carbocycles. The van der Waals surface area contributed by atoms with Crippen LogP contribution in [0.25, 0.3) is 6.08 Å². The van der Waals surface area contributed by atoms with Crippen molar-refractivity contribution in [2.45, 2.75) is 0 Å². The summed E-state index contributed by atoms with van der Waals surface area (Å²) in [5, 5.41) is 0. The summed E-state index contributed by atoms with van der Waals surface area (Å²) in [4.78, 5) is 10.2. The second kappa shape index (κ2) is 4.03. The molecule has 0 atom stereocenters. The van der Waals surface area contributed by atoms with Gasteiger partial charge in [0.2, 0.25) is 0 Å². The van der Waals surface area contributed by atoms with E-state index in [-0.39, 0.29) is 0 Å². The van der Waals surface area contributed by atoms with Crippen molar-refractivity contribution < 1.29 is 9.21 Å². The normalized spacial score (nSPS) is 10.6. The van der Waals surface area contributed by atoms with Crippen molar-refractivity contribution >= 4 is 25.0 Å². The van der Waals surface area contributed by atoms with E-state index in [1.165, 1.54) is 0 Å². The van der Waals surface area contributed by atoms with Crippen LogP contribution in [0.2, 0.25) is 0 Å². The van der Waals surface area contributed by atoms with Crippen LogP contribution in [-0.2, 0) is 0 Å². The first-order valence-electron chi connectivity index (χ1n) is 3.19. The Labute approximate surface area is 70.3 Å². The minimum absolute atomic E-state index is 0.351. The van der Waals surface area contributed by atoms with Crippen molar-refractivity contribution in [1.82, 2.24) is 0 Å². The van der Waals surface area contributed by atoms with E-state index in [0.717, 1.165) is 0 Å². The van der Waals surface area contributed by atoms with E-state index in [1.807, 2.05) is 6.08 Å². The third-order valence-corrected chi connectivity index (χ3v) is 1.36. The maximum absolute atomic E-state index is 10.2. The summed E-state index contributed by atoms with van der Waals surface area (Å²) >= 11 is 3.98. The van der Waals surface area contributed by atoms with Crippen molar-refractivity contribution in [2.24, 2.45) is 0 Å². The van der Waals surface area contributed by atoms with Crippen LogP contribution in [0.5, 0.6) is 0 Å². The largest absolute Gasteiger partial charge is 0.454 e. The fourth-order valence-electron chi connectivity index (χ4n) is 0.690. The van der Waals surface area contributed by atoms with Crippen LogP contribution in [0.3, 0.4) is 0 Å². The number of carbonyl (C=O) groups is 1. The zero-order chi connectivity index (χ0) is 8.10. The molecular formula is C8H8O2S. The molecule has 0 aliphatic carbocycles. The van der Waals surface area contributed by atoms with Crippen molar-refractivity contribution in [1.29, 1.82) is 0 Å². The Kier molecular flexibility index (Phi) is 2.98. The van der Waals surface area contributed by atoms with Gasteiger partial charge in [0.1, 0.15) is 5.76 Å². The molecule has 0 unspecified atom stereocenters. The van der Waals surface area contributed by atoms with E-state index in [4.69, 9.17) is 4.42 Å². The Morgan fingerprint density at radius 2 is 2.18 bits per heavy atom. The molecule has 0 aliphatic rings. The average Bonchev–Trinajstić information content (AvgIpc) is 2.48. The maximum Gasteiger partial charge on any atom is 0.185 e. The monoisotopic (exact) mass is 168 g/mol. The molecule has 1 rings (SSSR count). The molecule has 1 heterocycles. The smallest absolute Gasteiger partial charge is 0.185 e. The van der Waals surface area contributed by atoms with Gasteiger partial charge in [0, 0.05) is 5.75 Å². The van der Waals surface area contributed by atoms with Crippen LogP contribution in [0.4, 0.5) is 0 Å². The molecule has 0 N–H and O–H groups in total. The van der Waals surface area contributed by atoms with E-state index in [9.17, 15) is 4.79 Å². The quantitative estimate of drug-likeness (QED) is 0.553. The third-order valence-electron chi connectivity index (χ3n) is 1.15. The van der Waals surface area contributed by atoms with Gasteiger partial charge < -0.3 is 4.42 Å². The highest BCUT2D eigenvalue weighted by molar-refractivity contribution is 7.80. The third kappa shape index (κ3) is 2.27. The van der Waals surface area contributed by atoms with Gasteiger partial charge >= 0.3 is 0 Å². The number of hydrogen-bond acceptors (Lipinski definition) is 3. The molecule has 1 aromatic rings. The Bertz CT molecular complexity index is 263. The van der Waals surface area contributed by atoms with E-state index < -0.39 is 0 Å². The zero-order valence-electron chi connectivity index (χ0n) is 5.86. The lowest BCUT2D eigenvalue weighted by atomic mass is 10.4. The summed E-state index contributed by atoms with van der Waals surface area (Å²) in [6, 6.07) is 3.37. The highest BCUT2D eigenvalue weighted by Gasteiger charge is 1.94. The number of rotatable bonds is 3. The van der Waals surface area contributed by atoms with Gasteiger partial charge in [-0.15, -0.1) is 0 Å². The number of thiol groups is 1. The zero-order valence-corrected chi connectivity index (χ0v) is 6.75. The summed E-state index contributed by atoms with van der Waals surface area (Å²) in [5.74, 6) is 1.70. The van der Waals surface area contributed by atoms with Gasteiger partial charge in [-0.25, -0.2) is 0 Å². The predicted octanol–water partition coefficient (Wildman–Crippen LogP) is 2.04. The number of carbonyl (C=O) groups excluding carboxylic acids is 1. The van der Waals surface area contributed by atoms with Crippen molar-refractivity contribution in [2.75, 3.05) is 5.75 Å². The first-order valence-corrected chi connectivity index (χ1v) is 3.82. The van der Waals surface area contributed by atoms with Crippen LogP contribution >= 0.6 is 12.6 Å². The van der Waals surface area contributed by atoms with Gasteiger partial charge in [0.25, 0.3) is 0 Å². The van der Waals surface area contributed by atoms with Gasteiger partial charge in [0.15, 0.2) is 12.0 Å². The lowest BCUT2D eigenvalue weighted by Gasteiger charge is -1.81. The minimum atomic E-state index is 0.351. The molecule has 0 radical (unpaired) electrons. The summed E-state index contributed by atoms with van der Waals surface area (Å²) in [5.41, 5.74) is 0. The lowest BCUT2D eigenvalue weighted by Crippen LogP contribution is -1.67. The molecule has 0 spiro atoms. The molecule has 2 nitrogen and oxygen atoms in total. The van der Waals surface area contributed by atoms with Crippen LogP contribution in [0.1, 0.15) is 16.3 Å². The molecule has 0 aliphatic heterocycles. The van der Waals surface area contributed by atoms with Crippen molar-refractivity contribution in [3.05, 3.63) is 29.7 Å². The molecule has 0 aromatic carbocycles. The van der Waals surface area contributed by atoms with Gasteiger partial charge in [-0.1, -0.05) is 6.08 Å². The van der Waals surface area contributed by atoms with Crippen molar-refractivity contribution in [3.8, 4) is 0 Å². The van der Waals surface area contributed by atoms with Crippen LogP contribution < -0.4 is 0 Å². The molecule has 0 saturated heterocycles. The first-order chi connectivity index (χ1) is 5.36. The van der Waals surface area contributed by atoms with Crippen LogP contribution in [0.15, 0.2) is 22.6 Å². The van der Waals surface area contributed by atoms with Crippen LogP contribution in [-0.4, -0.2) is 12.0 Å². The first kappa shape index (κ1) is 8.14. The van der Waals surface area contributed by atoms with Crippen molar-refractivity contribution in [3.63, 3.8) is 0 Å². The molecule has 3 heteroatoms. The SMILES string of the molecule is O=Cc1ccc(C=CCS)o1. The Hall–Kier alpha value is -0.960. The summed E-state index contributed by atoms with van der Waals surface area (Å²) in [6.45, 7) is 0. The lowest BCUT2D eigenvalue weighted by molar-refractivity contribution is 0.110. The minimum Gasteiger partial charge on any atom is -0.454 e. The molecular weight excluding hydrogens is 160 g/mol. The van der Waals surface area contributed by atoms with Crippen LogP contribution in [0, 0.1) is 0 Å². The predicted molar refractivity (Wildman–Crippen MR) is 47.0 cm³/mol. The van der Waals surface area contributed by atoms with Gasteiger partial charge in [-0.3, -0.25) is 4.79 Å². The van der Waals surface area contributed by atoms with Gasteiger partial charge in [0.05, 0.1) is 0 Å². The van der Waals surface area contributed by atoms with E-state index >= 15 is 0 Å². The Morgan fingerprint density at radius 3 is 2.73 bits per heavy atom. The van der Waals surface area contributed by atoms with Gasteiger partial charge in [-0.05, 0) is 18.2 Å². The molecule has 58 valence electrons. The Balaban J connectivity index is 2.72. The number of hydrogen-bond donors (Lipinski definition) is 1. The highest BCUT2D eigenvalue weighted by Crippen LogP contribution is 2.07. The van der Waals surface area contributed by atoms with E-state index in [1.54, 1.807) is 18.2 Å². The fourth-order valence-corrected chi connectivity index (χ4v) is 0.796. The summed E-state index contributed by atoms with van der Waals surface area (Å²) < 4.78 is 5.05. The molecule has 0 bridgehead atoms. The second-order valence-corrected chi connectivity index (χ2v) is 2.31. The van der Waals surface area contributed by atoms with E-state index in [0.29, 0.717) is 23.6 Å². The maximum atomic E-state index is 10.2. The average molecular weight is 168 g/mol. The molecule has 1 aromatic heterocycles. The molecule has 11 heavy (non-hydrogen) atoms. The summed E-state index contributed by atoms with van der Waals surface area (Å²) in [6.07, 6.45) is 4.30. The molecule has 0 amide bonds. The number of furan rings is 1. The fraction of sp³-hybridized carbons (Fsp3) is 0.125. The molecule has 0 fully saturated rings. The van der Waals surface area contributed by atoms with E-state index in [2.05, 4.69) is 12.6 Å². The Morgan fingerprint density at radius 1 is 1.45 bits per heavy atom. The number of aldehydes is 1. The van der Waals surface area contributed by atoms with Gasteiger partial charge in [-0.2, -0.15) is 12.6 Å². The standard InChI is InChI=1S/C8H8O2S/c9-6-8-4-3-7(10-8)2-1-5-11/h1-4,6,11H,5H2. The summed E-state index contributed by atoms with van der Waals surface area (Å²) in [7, 11) is 0. The second-order valence-electron chi connectivity index (χ2n) is 1.94. The highest BCUT2D eigenvalue weighted by atomic mass is 32.1.